The van der Waals surface area contributed by atoms with E-state index in [1.54, 1.807) is 23.8 Å². The number of furan rings is 1. The highest BCUT2D eigenvalue weighted by Crippen LogP contribution is 2.29. The summed E-state index contributed by atoms with van der Waals surface area (Å²) in [6, 6.07) is 5.18. The highest BCUT2D eigenvalue weighted by molar-refractivity contribution is 7.90. The van der Waals surface area contributed by atoms with E-state index in [2.05, 4.69) is 14.8 Å². The molecule has 0 aliphatic rings. The van der Waals surface area contributed by atoms with Gasteiger partial charge in [-0.05, 0) is 38.1 Å². The van der Waals surface area contributed by atoms with Gasteiger partial charge in [-0.3, -0.25) is 0 Å². The number of ether oxygens (including phenoxy) is 2. The number of carboxylic acid groups (broad SMARTS) is 1. The van der Waals surface area contributed by atoms with Crippen molar-refractivity contribution in [3.8, 4) is 0 Å². The molecule has 0 saturated heterocycles. The van der Waals surface area contributed by atoms with Gasteiger partial charge in [0.15, 0.2) is 6.10 Å². The molecule has 1 aromatic carbocycles. The van der Waals surface area contributed by atoms with Crippen LogP contribution in [0.5, 0.6) is 0 Å². The molecule has 2 rings (SSSR count). The fraction of sp³-hybridized carbons (Fsp3) is 0.278. The van der Waals surface area contributed by atoms with E-state index in [0.717, 1.165) is 12.1 Å². The number of hydrogen-bond donors (Lipinski definition) is 3. The van der Waals surface area contributed by atoms with Crippen molar-refractivity contribution in [3.05, 3.63) is 46.9 Å². The minimum Gasteiger partial charge on any atom is -0.478 e. The first-order chi connectivity index (χ1) is 14.5. The maximum atomic E-state index is 12.5. The smallest absolute Gasteiger partial charge is 0.422 e. The topological polar surface area (TPSA) is 161 Å². The molecule has 0 fully saturated rings. The number of carbonyl (C=O) groups is 3. The summed E-state index contributed by atoms with van der Waals surface area (Å²) < 4.78 is 41.1. The largest absolute Gasteiger partial charge is 0.478 e. The zero-order valence-corrected chi connectivity index (χ0v) is 18.0. The standard InChI is InChI=1S/C18H19ClN2O9S/c1-3-28-17(24)10(2)30-18(25)21-31(26,27)15-7-12(16(22)23)14(8-13(15)19)20-9-11-5-4-6-29-11/h4-8,10,20H,3,9H2,1-2H3,(H,21,25)(H,22,23)/t10-/m1/s1. The van der Waals surface area contributed by atoms with Crippen molar-refractivity contribution in [2.24, 2.45) is 0 Å². The number of amides is 1. The van der Waals surface area contributed by atoms with Crippen LogP contribution in [0.1, 0.15) is 30.0 Å². The molecule has 0 spiro atoms. The molecule has 0 aliphatic heterocycles. The van der Waals surface area contributed by atoms with Crippen LogP contribution in [-0.2, 0) is 30.8 Å². The molecule has 0 unspecified atom stereocenters. The Bertz CT molecular complexity index is 1070. The second kappa shape index (κ2) is 10.2. The Hall–Kier alpha value is -3.25. The molecule has 1 atom stereocenters. The number of rotatable bonds is 9. The first-order valence-electron chi connectivity index (χ1n) is 8.78. The third-order valence-corrected chi connectivity index (χ3v) is 5.52. The average molecular weight is 475 g/mol. The van der Waals surface area contributed by atoms with Gasteiger partial charge in [0.1, 0.15) is 10.7 Å². The van der Waals surface area contributed by atoms with Gasteiger partial charge in [0, 0.05) is 0 Å². The molecule has 11 nitrogen and oxygen atoms in total. The van der Waals surface area contributed by atoms with Crippen molar-refractivity contribution in [1.82, 2.24) is 4.72 Å². The third-order valence-electron chi connectivity index (χ3n) is 3.75. The van der Waals surface area contributed by atoms with Gasteiger partial charge in [-0.15, -0.1) is 0 Å². The predicted octanol–water partition coefficient (Wildman–Crippen LogP) is 2.61. The predicted molar refractivity (Wildman–Crippen MR) is 107 cm³/mol. The van der Waals surface area contributed by atoms with Crippen LogP contribution in [0.4, 0.5) is 10.5 Å². The van der Waals surface area contributed by atoms with E-state index < -0.39 is 44.6 Å². The number of hydrogen-bond acceptors (Lipinski definition) is 9. The van der Waals surface area contributed by atoms with Crippen molar-refractivity contribution in [2.45, 2.75) is 31.4 Å². The van der Waals surface area contributed by atoms with Crippen molar-refractivity contribution in [3.63, 3.8) is 0 Å². The normalized spacial score (nSPS) is 12.0. The molecule has 2 aromatic rings. The van der Waals surface area contributed by atoms with Gasteiger partial charge in [0.25, 0.3) is 10.0 Å². The van der Waals surface area contributed by atoms with Gasteiger partial charge < -0.3 is 24.3 Å². The minimum atomic E-state index is -4.62. The number of carboxylic acids is 1. The van der Waals surface area contributed by atoms with Crippen LogP contribution in [0.15, 0.2) is 39.8 Å². The Morgan fingerprint density at radius 2 is 2.00 bits per heavy atom. The van der Waals surface area contributed by atoms with Crippen molar-refractivity contribution in [2.75, 3.05) is 11.9 Å². The van der Waals surface area contributed by atoms with Crippen LogP contribution >= 0.6 is 11.6 Å². The van der Waals surface area contributed by atoms with E-state index in [1.807, 2.05) is 0 Å². The zero-order chi connectivity index (χ0) is 23.2. The Balaban J connectivity index is 2.23. The maximum Gasteiger partial charge on any atom is 0.422 e. The van der Waals surface area contributed by atoms with E-state index in [9.17, 15) is 27.9 Å². The number of nitrogens with one attached hydrogen (secondary N) is 2. The SMILES string of the molecule is CCOC(=O)[C@@H](C)OC(=O)NS(=O)(=O)c1cc(C(=O)O)c(NCc2ccco2)cc1Cl. The number of benzene rings is 1. The van der Waals surface area contributed by atoms with Crippen LogP contribution in [-0.4, -0.2) is 44.3 Å². The third kappa shape index (κ3) is 6.36. The zero-order valence-electron chi connectivity index (χ0n) is 16.4. The fourth-order valence-electron chi connectivity index (χ4n) is 2.34. The molecule has 1 aromatic heterocycles. The second-order valence-corrected chi connectivity index (χ2v) is 8.03. The molecule has 3 N–H and O–H groups in total. The first kappa shape index (κ1) is 24.0. The number of esters is 1. The van der Waals surface area contributed by atoms with Crippen LogP contribution < -0.4 is 10.0 Å². The Morgan fingerprint density at radius 3 is 2.58 bits per heavy atom. The van der Waals surface area contributed by atoms with Crippen LogP contribution in [0.2, 0.25) is 5.02 Å². The van der Waals surface area contributed by atoms with Gasteiger partial charge in [-0.25, -0.2) is 27.5 Å². The number of aromatic carboxylic acids is 1. The Kier molecular flexibility index (Phi) is 7.89. The molecule has 1 heterocycles. The average Bonchev–Trinajstić information content (AvgIpc) is 3.19. The van der Waals surface area contributed by atoms with Gasteiger partial charge in [0.05, 0.1) is 35.7 Å². The van der Waals surface area contributed by atoms with Crippen LogP contribution in [0.3, 0.4) is 0 Å². The Labute approximate surface area is 182 Å². The summed E-state index contributed by atoms with van der Waals surface area (Å²) in [5.74, 6) is -1.80. The quantitative estimate of drug-likeness (QED) is 0.460. The summed E-state index contributed by atoms with van der Waals surface area (Å²) in [4.78, 5) is 34.3. The van der Waals surface area contributed by atoms with Crippen LogP contribution in [0.25, 0.3) is 0 Å². The van der Waals surface area contributed by atoms with E-state index in [1.165, 1.54) is 13.2 Å². The summed E-state index contributed by atoms with van der Waals surface area (Å²) in [6.07, 6.45) is -1.40. The first-order valence-corrected chi connectivity index (χ1v) is 10.6. The monoisotopic (exact) mass is 474 g/mol. The second-order valence-electron chi connectivity index (χ2n) is 5.97. The number of carbonyl (C=O) groups excluding carboxylic acids is 2. The fourth-order valence-corrected chi connectivity index (χ4v) is 3.77. The lowest BCUT2D eigenvalue weighted by Crippen LogP contribution is -2.36. The van der Waals surface area contributed by atoms with Crippen molar-refractivity contribution in [1.29, 1.82) is 0 Å². The molecule has 31 heavy (non-hydrogen) atoms. The molecular weight excluding hydrogens is 456 g/mol. The van der Waals surface area contributed by atoms with E-state index in [0.29, 0.717) is 5.76 Å². The van der Waals surface area contributed by atoms with Crippen molar-refractivity contribution >= 4 is 45.3 Å². The van der Waals surface area contributed by atoms with Gasteiger partial charge in [-0.1, -0.05) is 11.6 Å². The molecule has 0 aliphatic carbocycles. The summed E-state index contributed by atoms with van der Waals surface area (Å²) in [5.41, 5.74) is -0.379. The van der Waals surface area contributed by atoms with E-state index in [-0.39, 0.29) is 23.9 Å². The number of anilines is 1. The summed E-state index contributed by atoms with van der Waals surface area (Å²) in [7, 11) is -4.62. The summed E-state index contributed by atoms with van der Waals surface area (Å²) in [5, 5.41) is 11.9. The minimum absolute atomic E-state index is 0.0337. The highest BCUT2D eigenvalue weighted by atomic mass is 35.5. The molecule has 0 bridgehead atoms. The van der Waals surface area contributed by atoms with Crippen LogP contribution in [0, 0.1) is 0 Å². The van der Waals surface area contributed by atoms with Gasteiger partial charge in [-0.2, -0.15) is 0 Å². The lowest BCUT2D eigenvalue weighted by Gasteiger charge is -2.15. The van der Waals surface area contributed by atoms with E-state index >= 15 is 0 Å². The van der Waals surface area contributed by atoms with Gasteiger partial charge >= 0.3 is 18.0 Å². The molecule has 13 heteroatoms. The maximum absolute atomic E-state index is 12.5. The summed E-state index contributed by atoms with van der Waals surface area (Å²) >= 11 is 6.03. The molecule has 0 saturated carbocycles. The molecule has 1 amide bonds. The van der Waals surface area contributed by atoms with E-state index in [4.69, 9.17) is 16.0 Å². The highest BCUT2D eigenvalue weighted by Gasteiger charge is 2.27. The lowest BCUT2D eigenvalue weighted by atomic mass is 10.1. The summed E-state index contributed by atoms with van der Waals surface area (Å²) in [6.45, 7) is 2.90. The number of sulfonamides is 1. The lowest BCUT2D eigenvalue weighted by molar-refractivity contribution is -0.152. The number of halogens is 1. The molecular formula is C18H19ClN2O9S. The van der Waals surface area contributed by atoms with Crippen molar-refractivity contribution < 1.29 is 41.8 Å². The molecule has 0 radical (unpaired) electrons. The molecule has 168 valence electrons. The van der Waals surface area contributed by atoms with Gasteiger partial charge in [0.2, 0.25) is 0 Å². The Morgan fingerprint density at radius 1 is 1.29 bits per heavy atom.